The summed E-state index contributed by atoms with van der Waals surface area (Å²) in [5.74, 6) is 1.60. The van der Waals surface area contributed by atoms with Gasteiger partial charge in [-0.05, 0) is 0 Å². The molecule has 0 aliphatic heterocycles. The molecule has 0 saturated carbocycles. The lowest BCUT2D eigenvalue weighted by Gasteiger charge is -2.15. The van der Waals surface area contributed by atoms with Crippen molar-refractivity contribution in [2.75, 3.05) is 45.1 Å². The summed E-state index contributed by atoms with van der Waals surface area (Å²) < 4.78 is 10.1. The number of nitrogens with one attached hydrogen (secondary N) is 1. The van der Waals surface area contributed by atoms with Gasteiger partial charge in [-0.25, -0.2) is 9.97 Å². The van der Waals surface area contributed by atoms with E-state index in [1.165, 1.54) is 6.33 Å². The van der Waals surface area contributed by atoms with Gasteiger partial charge in [-0.1, -0.05) is 0 Å². The van der Waals surface area contributed by atoms with Crippen LogP contribution in [0.25, 0.3) is 0 Å². The normalized spacial score (nSPS) is 10.6. The summed E-state index contributed by atoms with van der Waals surface area (Å²) >= 11 is 0. The molecule has 0 fully saturated rings. The summed E-state index contributed by atoms with van der Waals surface area (Å²) in [5.41, 5.74) is 0. The minimum Gasteiger partial charge on any atom is -0.365 e. The molecule has 90 valence electrons. The van der Waals surface area contributed by atoms with Gasteiger partial charge in [0.15, 0.2) is 6.29 Å². The molecule has 1 aromatic heterocycles. The minimum atomic E-state index is -0.280. The van der Waals surface area contributed by atoms with Crippen molar-refractivity contribution in [2.45, 2.75) is 6.29 Å². The van der Waals surface area contributed by atoms with Gasteiger partial charge < -0.3 is 19.7 Å². The zero-order valence-electron chi connectivity index (χ0n) is 10.1. The van der Waals surface area contributed by atoms with Crippen LogP contribution in [0.5, 0.6) is 0 Å². The van der Waals surface area contributed by atoms with Crippen molar-refractivity contribution in [2.24, 2.45) is 0 Å². The molecule has 0 spiro atoms. The molecular weight excluding hydrogens is 208 g/mol. The van der Waals surface area contributed by atoms with Crippen molar-refractivity contribution in [3.8, 4) is 0 Å². The van der Waals surface area contributed by atoms with Crippen LogP contribution in [0.4, 0.5) is 11.6 Å². The Labute approximate surface area is 95.6 Å². The molecule has 6 nitrogen and oxygen atoms in total. The maximum Gasteiger partial charge on any atom is 0.173 e. The van der Waals surface area contributed by atoms with E-state index in [-0.39, 0.29) is 6.29 Å². The zero-order chi connectivity index (χ0) is 12.0. The van der Waals surface area contributed by atoms with Crippen molar-refractivity contribution < 1.29 is 9.47 Å². The molecule has 0 amide bonds. The molecule has 6 heteroatoms. The van der Waals surface area contributed by atoms with Crippen LogP contribution in [0.15, 0.2) is 12.4 Å². The van der Waals surface area contributed by atoms with Crippen LogP contribution in [-0.2, 0) is 9.47 Å². The molecule has 1 heterocycles. The summed E-state index contributed by atoms with van der Waals surface area (Å²) in [5, 5.41) is 3.11. The van der Waals surface area contributed by atoms with Gasteiger partial charge >= 0.3 is 0 Å². The van der Waals surface area contributed by atoms with Gasteiger partial charge in [0, 0.05) is 34.4 Å². The van der Waals surface area contributed by atoms with E-state index in [0.717, 1.165) is 11.6 Å². The number of rotatable bonds is 6. The molecule has 1 rings (SSSR count). The highest BCUT2D eigenvalue weighted by molar-refractivity contribution is 5.47. The predicted molar refractivity (Wildman–Crippen MR) is 62.7 cm³/mol. The highest BCUT2D eigenvalue weighted by atomic mass is 16.7. The van der Waals surface area contributed by atoms with E-state index in [1.807, 2.05) is 25.1 Å². The molecule has 0 bridgehead atoms. The van der Waals surface area contributed by atoms with Crippen LogP contribution < -0.4 is 10.2 Å². The summed E-state index contributed by atoms with van der Waals surface area (Å²) in [4.78, 5) is 10.1. The fourth-order valence-corrected chi connectivity index (χ4v) is 1.14. The average molecular weight is 226 g/mol. The van der Waals surface area contributed by atoms with E-state index in [4.69, 9.17) is 9.47 Å². The highest BCUT2D eigenvalue weighted by Gasteiger charge is 2.05. The summed E-state index contributed by atoms with van der Waals surface area (Å²) in [6.07, 6.45) is 1.24. The van der Waals surface area contributed by atoms with Gasteiger partial charge in [0.1, 0.15) is 18.0 Å². The number of ether oxygens (including phenoxy) is 2. The third-order valence-electron chi connectivity index (χ3n) is 2.09. The molecule has 0 saturated heterocycles. The van der Waals surface area contributed by atoms with Gasteiger partial charge in [-0.3, -0.25) is 0 Å². The number of hydrogen-bond acceptors (Lipinski definition) is 6. The van der Waals surface area contributed by atoms with Gasteiger partial charge in [0.2, 0.25) is 0 Å². The Morgan fingerprint density at radius 1 is 1.31 bits per heavy atom. The summed E-state index contributed by atoms with van der Waals surface area (Å²) in [7, 11) is 7.06. The van der Waals surface area contributed by atoms with E-state index in [0.29, 0.717) is 6.54 Å². The first-order valence-corrected chi connectivity index (χ1v) is 4.96. The fourth-order valence-electron chi connectivity index (χ4n) is 1.14. The van der Waals surface area contributed by atoms with Crippen LogP contribution in [-0.4, -0.2) is 51.1 Å². The monoisotopic (exact) mass is 226 g/mol. The fraction of sp³-hybridized carbons (Fsp3) is 0.600. The van der Waals surface area contributed by atoms with E-state index < -0.39 is 0 Å². The highest BCUT2D eigenvalue weighted by Crippen LogP contribution is 2.10. The Balaban J connectivity index is 2.56. The van der Waals surface area contributed by atoms with Gasteiger partial charge in [-0.15, -0.1) is 0 Å². The van der Waals surface area contributed by atoms with Crippen LogP contribution in [0.3, 0.4) is 0 Å². The quantitative estimate of drug-likeness (QED) is 0.716. The Hall–Kier alpha value is -1.40. The second-order valence-electron chi connectivity index (χ2n) is 3.44. The second kappa shape index (κ2) is 6.24. The molecule has 0 aliphatic rings. The molecule has 0 atom stereocenters. The molecule has 1 aromatic rings. The molecule has 0 unspecified atom stereocenters. The van der Waals surface area contributed by atoms with Crippen LogP contribution in [0, 0.1) is 0 Å². The maximum atomic E-state index is 5.06. The maximum absolute atomic E-state index is 5.06. The zero-order valence-corrected chi connectivity index (χ0v) is 10.1. The molecule has 0 radical (unpaired) electrons. The first-order valence-electron chi connectivity index (χ1n) is 4.96. The SMILES string of the molecule is COC(CNc1cc(N(C)C)ncn1)OC. The molecule has 16 heavy (non-hydrogen) atoms. The number of aromatic nitrogens is 2. The Kier molecular flexibility index (Phi) is 4.94. The Bertz CT molecular complexity index is 315. The van der Waals surface area contributed by atoms with Crippen LogP contribution >= 0.6 is 0 Å². The first kappa shape index (κ1) is 12.7. The van der Waals surface area contributed by atoms with E-state index >= 15 is 0 Å². The lowest BCUT2D eigenvalue weighted by atomic mass is 10.5. The summed E-state index contributed by atoms with van der Waals surface area (Å²) in [6.45, 7) is 0.539. The third-order valence-corrected chi connectivity index (χ3v) is 2.09. The first-order chi connectivity index (χ1) is 7.67. The average Bonchev–Trinajstić information content (AvgIpc) is 2.31. The lowest BCUT2D eigenvalue weighted by Crippen LogP contribution is -2.24. The number of anilines is 2. The molecule has 0 aliphatic carbocycles. The van der Waals surface area contributed by atoms with E-state index in [2.05, 4.69) is 15.3 Å². The van der Waals surface area contributed by atoms with Crippen LogP contribution in [0.1, 0.15) is 0 Å². The third kappa shape index (κ3) is 3.63. The summed E-state index contributed by atoms with van der Waals surface area (Å²) in [6, 6.07) is 1.86. The second-order valence-corrected chi connectivity index (χ2v) is 3.44. The van der Waals surface area contributed by atoms with Crippen molar-refractivity contribution >= 4 is 11.6 Å². The van der Waals surface area contributed by atoms with Crippen molar-refractivity contribution in [1.29, 1.82) is 0 Å². The smallest absolute Gasteiger partial charge is 0.173 e. The standard InChI is InChI=1S/C10H18N4O2/c1-14(2)9-5-8(12-7-13-9)11-6-10(15-3)16-4/h5,7,10H,6H2,1-4H3,(H,11,12,13). The van der Waals surface area contributed by atoms with Crippen LogP contribution in [0.2, 0.25) is 0 Å². The Morgan fingerprint density at radius 3 is 2.56 bits per heavy atom. The molecule has 1 N–H and O–H groups in total. The molecular formula is C10H18N4O2. The van der Waals surface area contributed by atoms with Gasteiger partial charge in [-0.2, -0.15) is 0 Å². The van der Waals surface area contributed by atoms with Gasteiger partial charge in [0.05, 0.1) is 6.54 Å². The van der Waals surface area contributed by atoms with E-state index in [1.54, 1.807) is 14.2 Å². The van der Waals surface area contributed by atoms with Crippen molar-refractivity contribution in [1.82, 2.24) is 9.97 Å². The van der Waals surface area contributed by atoms with Crippen molar-refractivity contribution in [3.63, 3.8) is 0 Å². The largest absolute Gasteiger partial charge is 0.365 e. The number of hydrogen-bond donors (Lipinski definition) is 1. The molecule has 0 aromatic carbocycles. The van der Waals surface area contributed by atoms with E-state index in [9.17, 15) is 0 Å². The minimum absolute atomic E-state index is 0.280. The topological polar surface area (TPSA) is 59.5 Å². The van der Waals surface area contributed by atoms with Gasteiger partial charge in [0.25, 0.3) is 0 Å². The number of nitrogens with zero attached hydrogens (tertiary/aromatic N) is 3. The Morgan fingerprint density at radius 2 is 2.00 bits per heavy atom. The predicted octanol–water partition coefficient (Wildman–Crippen LogP) is 0.573. The lowest BCUT2D eigenvalue weighted by molar-refractivity contribution is -0.0914. The number of methoxy groups -OCH3 is 2. The van der Waals surface area contributed by atoms with Crippen molar-refractivity contribution in [3.05, 3.63) is 12.4 Å².